The average Bonchev–Trinajstić information content (AvgIpc) is 0.997. The SMILES string of the molecule is CCC[C@H]1C(=O)N[C@@H]([C@@H](C)CC)C(=O)N(C2CC2)CC(=O)N(C)[C@@H]2C/C=C\CCN(C2=O)[C@@H](Cc2ccc(C(F)(F)F)cc2)C(=O)N(C)CC(=O)N[C@@H](CCc2ccc(C(F)(F)F)c(OC)c2)C(=O)N2C[C@H](OCC)C[C@H]2C(=O)N(C)C2(CCC2)C(=O)N(C)[C@@H](C2CCCC2)C(=O)N(C)[C@H](C(=O)N2CCCC2)CC(=O)N1C. The Balaban J connectivity index is 1.14. The Hall–Kier alpha value is -8.84. The van der Waals surface area contributed by atoms with Crippen LogP contribution in [0.4, 0.5) is 26.3 Å². The van der Waals surface area contributed by atoms with Crippen molar-refractivity contribution in [3.63, 3.8) is 0 Å². The Kier molecular flexibility index (Phi) is 29.1. The van der Waals surface area contributed by atoms with Crippen LogP contribution in [0.1, 0.15) is 172 Å². The lowest BCUT2D eigenvalue weighted by Crippen LogP contribution is -2.68. The first-order valence-electron chi connectivity index (χ1n) is 39.6. The molecule has 0 radical (unpaired) electrons. The van der Waals surface area contributed by atoms with Crippen molar-refractivity contribution in [2.24, 2.45) is 11.8 Å². The quantitative estimate of drug-likeness (QED) is 0.140. The molecule has 4 aliphatic heterocycles. The molecule has 3 saturated heterocycles. The summed E-state index contributed by atoms with van der Waals surface area (Å²) in [6.45, 7) is 6.06. The summed E-state index contributed by atoms with van der Waals surface area (Å²) in [6.07, 6.45) is -2.32. The van der Waals surface area contributed by atoms with Crippen molar-refractivity contribution in [1.29, 1.82) is 0 Å². The minimum atomic E-state index is -4.82. The Morgan fingerprint density at radius 1 is 0.634 bits per heavy atom. The van der Waals surface area contributed by atoms with Crippen LogP contribution in [0.25, 0.3) is 0 Å². The van der Waals surface area contributed by atoms with Crippen molar-refractivity contribution in [1.82, 2.24) is 59.6 Å². The molecule has 12 amide bonds. The zero-order chi connectivity index (χ0) is 82.0. The van der Waals surface area contributed by atoms with Gasteiger partial charge in [0.1, 0.15) is 66.2 Å². The molecule has 4 heterocycles. The van der Waals surface area contributed by atoms with E-state index in [1.54, 1.807) is 30.9 Å². The molecule has 0 aromatic heterocycles. The number of methoxy groups -OCH3 is 1. The third-order valence-electron chi connectivity index (χ3n) is 24.1. The molecule has 112 heavy (non-hydrogen) atoms. The summed E-state index contributed by atoms with van der Waals surface area (Å²) in [7, 11) is 9.40. The number of nitrogens with one attached hydrogen (secondary N) is 2. The number of ether oxygens (including phenoxy) is 2. The van der Waals surface area contributed by atoms with Crippen molar-refractivity contribution < 1.29 is 93.4 Å². The first-order valence-corrected chi connectivity index (χ1v) is 39.6. The molecule has 2 bridgehead atoms. The molecule has 2 aromatic rings. The molecule has 3 aliphatic carbocycles. The zero-order valence-corrected chi connectivity index (χ0v) is 66.4. The van der Waals surface area contributed by atoms with Gasteiger partial charge in [0, 0.05) is 94.0 Å². The molecular formula is C80H112F6N12O14. The highest BCUT2D eigenvalue weighted by atomic mass is 19.4. The number of alkyl halides is 6. The fourth-order valence-electron chi connectivity index (χ4n) is 16.8. The van der Waals surface area contributed by atoms with Crippen molar-refractivity contribution in [2.75, 3.05) is 95.3 Å². The molecule has 1 spiro atoms. The van der Waals surface area contributed by atoms with Gasteiger partial charge >= 0.3 is 12.4 Å². The van der Waals surface area contributed by atoms with Gasteiger partial charge in [-0.1, -0.05) is 76.8 Å². The molecule has 6 fully saturated rings. The van der Waals surface area contributed by atoms with Crippen molar-refractivity contribution in [2.45, 2.75) is 241 Å². The number of nitrogens with zero attached hydrogens (tertiary/aromatic N) is 10. The van der Waals surface area contributed by atoms with E-state index in [-0.39, 0.29) is 82.2 Å². The Morgan fingerprint density at radius 3 is 1.88 bits per heavy atom. The summed E-state index contributed by atoms with van der Waals surface area (Å²) in [5.41, 5.74) is -3.30. The summed E-state index contributed by atoms with van der Waals surface area (Å²) in [6, 6.07) is -4.52. The van der Waals surface area contributed by atoms with Crippen LogP contribution in [-0.2, 0) is 87.5 Å². The number of rotatable bonds is 15. The molecule has 618 valence electrons. The largest absolute Gasteiger partial charge is 0.496 e. The first-order chi connectivity index (χ1) is 53.0. The number of fused-ring (bicyclic) bond motifs is 3. The number of hydrogen-bond acceptors (Lipinski definition) is 14. The fraction of sp³-hybridized carbons (Fsp3) is 0.675. The summed E-state index contributed by atoms with van der Waals surface area (Å²) in [5.74, 6) is -10.2. The van der Waals surface area contributed by atoms with E-state index in [1.807, 2.05) is 13.8 Å². The lowest BCUT2D eigenvalue weighted by atomic mass is 9.73. The highest BCUT2D eigenvalue weighted by molar-refractivity contribution is 6.01. The third kappa shape index (κ3) is 19.8. The van der Waals surface area contributed by atoms with E-state index in [2.05, 4.69) is 10.6 Å². The molecule has 9 rings (SSSR count). The number of benzene rings is 2. The number of amides is 12. The number of carbonyl (C=O) groups is 12. The molecule has 2 N–H and O–H groups in total. The van der Waals surface area contributed by atoms with Crippen LogP contribution in [-0.4, -0.2) is 281 Å². The smallest absolute Gasteiger partial charge is 0.419 e. The molecular weight excluding hydrogens is 1470 g/mol. The first kappa shape index (κ1) is 87.1. The minimum Gasteiger partial charge on any atom is -0.496 e. The number of carbonyl (C=O) groups excluding carboxylic acids is 12. The number of likely N-dealkylation sites (N-methyl/N-ethyl adjacent to an activating group) is 6. The summed E-state index contributed by atoms with van der Waals surface area (Å²) >= 11 is 0. The van der Waals surface area contributed by atoms with Crippen LogP contribution in [0.5, 0.6) is 5.75 Å². The van der Waals surface area contributed by atoms with Gasteiger partial charge in [0.2, 0.25) is 70.9 Å². The van der Waals surface area contributed by atoms with Crippen LogP contribution in [0.15, 0.2) is 54.6 Å². The summed E-state index contributed by atoms with van der Waals surface area (Å²) in [5, 5.41) is 5.68. The van der Waals surface area contributed by atoms with Crippen LogP contribution in [0.3, 0.4) is 0 Å². The Labute approximate surface area is 651 Å². The van der Waals surface area contributed by atoms with Gasteiger partial charge in [-0.15, -0.1) is 0 Å². The maximum Gasteiger partial charge on any atom is 0.419 e. The lowest BCUT2D eigenvalue weighted by Gasteiger charge is -2.51. The van der Waals surface area contributed by atoms with E-state index in [4.69, 9.17) is 9.47 Å². The van der Waals surface area contributed by atoms with E-state index in [9.17, 15) is 31.1 Å². The highest BCUT2D eigenvalue weighted by Gasteiger charge is 2.57. The van der Waals surface area contributed by atoms with Crippen molar-refractivity contribution in [3.8, 4) is 5.75 Å². The maximum absolute atomic E-state index is 15.9. The predicted molar refractivity (Wildman–Crippen MR) is 399 cm³/mol. The van der Waals surface area contributed by atoms with Gasteiger partial charge in [0.05, 0.1) is 37.3 Å². The van der Waals surface area contributed by atoms with Crippen LogP contribution in [0, 0.1) is 11.8 Å². The molecule has 2 aromatic carbocycles. The molecule has 26 nitrogen and oxygen atoms in total. The van der Waals surface area contributed by atoms with E-state index in [0.717, 1.165) is 53.3 Å². The molecule has 7 aliphatic rings. The summed E-state index contributed by atoms with van der Waals surface area (Å²) < 4.78 is 96.1. The topological polar surface area (TPSA) is 280 Å². The van der Waals surface area contributed by atoms with Crippen molar-refractivity contribution in [3.05, 3.63) is 76.9 Å². The Morgan fingerprint density at radius 2 is 1.29 bits per heavy atom. The second-order valence-electron chi connectivity index (χ2n) is 31.4. The molecule has 10 atom stereocenters. The number of hydrogen-bond donors (Lipinski definition) is 2. The van der Waals surface area contributed by atoms with Gasteiger partial charge in [0.25, 0.3) is 0 Å². The maximum atomic E-state index is 15.9. The highest BCUT2D eigenvalue weighted by Crippen LogP contribution is 2.43. The fourth-order valence-corrected chi connectivity index (χ4v) is 16.8. The average molecular weight is 1580 g/mol. The normalized spacial score (nSPS) is 27.0. The van der Waals surface area contributed by atoms with Gasteiger partial charge in [0.15, 0.2) is 0 Å². The molecule has 32 heteroatoms. The van der Waals surface area contributed by atoms with Gasteiger partial charge in [-0.3, -0.25) is 57.5 Å². The standard InChI is InChI=1S/C80H112F6N12O14/c1-12-23-58-69(102)88-67(49(4)13-2)75(108)97(54-33-34-54)48-66(101)91(7)59-26-16-15-19-41-96(74(59)107)61(42-50-27-31-53(32-28-50)79(81,82)83)71(104)89(5)47-64(99)87-57(36-30-51-29-35-56(80(84,85)86)63(43-51)111-11)70(103)98-46-55(112-14-3)44-62(98)72(105)94(10)78(37-22-38-78)77(110)93(9)68(52-24-17-18-25-52)76(109)92(8)60(45-65(100)90(58)6)73(106)95-39-20-21-40-95/h15-16,27-29,31-32,35,43,49,52,54-55,57-62,67-68H,12-14,17-26,30,33-34,36-42,44-48H2,1-11H3,(H,87,99)(H,88,102)/b16-15-/t49-,55+,57-,58-,59+,60-,61-,62-,67-,68-/m0/s1. The summed E-state index contributed by atoms with van der Waals surface area (Å²) in [4.78, 5) is 197. The number of likely N-dealkylation sites (tertiary alicyclic amines) is 1. The van der Waals surface area contributed by atoms with E-state index in [0.29, 0.717) is 83.7 Å². The second kappa shape index (κ2) is 37.4. The van der Waals surface area contributed by atoms with Gasteiger partial charge in [-0.25, -0.2) is 0 Å². The number of aryl methyl sites for hydroxylation is 1. The van der Waals surface area contributed by atoms with Crippen LogP contribution >= 0.6 is 0 Å². The van der Waals surface area contributed by atoms with Gasteiger partial charge < -0.3 is 69.1 Å². The lowest BCUT2D eigenvalue weighted by molar-refractivity contribution is -0.166. The van der Waals surface area contributed by atoms with Crippen LogP contribution in [0.2, 0.25) is 0 Å². The molecule has 0 unspecified atom stereocenters. The van der Waals surface area contributed by atoms with Crippen LogP contribution < -0.4 is 15.4 Å². The third-order valence-corrected chi connectivity index (χ3v) is 24.1. The monoisotopic (exact) mass is 1580 g/mol. The predicted octanol–water partition coefficient (Wildman–Crippen LogP) is 6.63. The van der Waals surface area contributed by atoms with Crippen molar-refractivity contribution >= 4 is 70.9 Å². The van der Waals surface area contributed by atoms with E-state index in [1.165, 1.54) is 82.7 Å². The Bertz CT molecular complexity index is 3790. The van der Waals surface area contributed by atoms with Gasteiger partial charge in [-0.2, -0.15) is 26.3 Å². The zero-order valence-electron chi connectivity index (χ0n) is 66.4. The second-order valence-corrected chi connectivity index (χ2v) is 31.4. The van der Waals surface area contributed by atoms with Gasteiger partial charge in [-0.05, 0) is 144 Å². The van der Waals surface area contributed by atoms with E-state index >= 15 is 52.7 Å². The van der Waals surface area contributed by atoms with E-state index < -0.39 is 204 Å². The molecule has 3 saturated carbocycles. The number of halogens is 6. The minimum absolute atomic E-state index is 0.0942.